The lowest BCUT2D eigenvalue weighted by atomic mass is 9.95. The van der Waals surface area contributed by atoms with Gasteiger partial charge < -0.3 is 10.6 Å². The van der Waals surface area contributed by atoms with Crippen LogP contribution in [0.4, 0.5) is 17.5 Å². The molecule has 1 aliphatic heterocycles. The SMILES string of the molecule is Cc1nc(N)nc(N2CC(C)CCC2C)c1[N+](=O)[O-]. The minimum Gasteiger partial charge on any atom is -0.368 e. The Balaban J connectivity index is 2.50. The van der Waals surface area contributed by atoms with Gasteiger partial charge in [-0.15, -0.1) is 0 Å². The lowest BCUT2D eigenvalue weighted by molar-refractivity contribution is -0.385. The van der Waals surface area contributed by atoms with E-state index >= 15 is 0 Å². The summed E-state index contributed by atoms with van der Waals surface area (Å²) in [5.41, 5.74) is 5.93. The van der Waals surface area contributed by atoms with Crippen LogP contribution in [0.25, 0.3) is 0 Å². The molecule has 0 bridgehead atoms. The van der Waals surface area contributed by atoms with Crippen LogP contribution in [-0.4, -0.2) is 27.5 Å². The number of rotatable bonds is 2. The number of anilines is 2. The lowest BCUT2D eigenvalue weighted by Crippen LogP contribution is -2.42. The molecule has 104 valence electrons. The van der Waals surface area contributed by atoms with Crippen molar-refractivity contribution in [3.8, 4) is 0 Å². The molecule has 0 radical (unpaired) electrons. The van der Waals surface area contributed by atoms with Crippen molar-refractivity contribution in [1.82, 2.24) is 9.97 Å². The zero-order valence-corrected chi connectivity index (χ0v) is 11.5. The Morgan fingerprint density at radius 1 is 1.37 bits per heavy atom. The standard InChI is InChI=1S/C12H19N5O2/c1-7-4-5-8(2)16(6-7)11-10(17(18)19)9(3)14-12(13)15-11/h7-8H,4-6H2,1-3H3,(H2,13,14,15). The number of nitrogen functional groups attached to an aromatic ring is 1. The highest BCUT2D eigenvalue weighted by molar-refractivity contribution is 5.62. The quantitative estimate of drug-likeness (QED) is 0.647. The number of hydrogen-bond donors (Lipinski definition) is 1. The summed E-state index contributed by atoms with van der Waals surface area (Å²) in [7, 11) is 0. The molecule has 0 amide bonds. The van der Waals surface area contributed by atoms with Crippen molar-refractivity contribution in [3.63, 3.8) is 0 Å². The maximum atomic E-state index is 11.2. The van der Waals surface area contributed by atoms with E-state index in [-0.39, 0.29) is 17.7 Å². The van der Waals surface area contributed by atoms with Gasteiger partial charge >= 0.3 is 5.69 Å². The summed E-state index contributed by atoms with van der Waals surface area (Å²) in [5, 5.41) is 11.2. The molecule has 1 aromatic heterocycles. The number of nitrogens with zero attached hydrogens (tertiary/aromatic N) is 4. The molecule has 19 heavy (non-hydrogen) atoms. The van der Waals surface area contributed by atoms with Crippen LogP contribution >= 0.6 is 0 Å². The smallest absolute Gasteiger partial charge is 0.332 e. The Bertz CT molecular complexity index is 505. The van der Waals surface area contributed by atoms with Gasteiger partial charge in [-0.25, -0.2) is 4.98 Å². The topological polar surface area (TPSA) is 98.2 Å². The maximum absolute atomic E-state index is 11.2. The van der Waals surface area contributed by atoms with Gasteiger partial charge in [0.05, 0.1) is 4.92 Å². The average molecular weight is 265 g/mol. The molecule has 2 heterocycles. The van der Waals surface area contributed by atoms with E-state index in [1.165, 1.54) is 0 Å². The summed E-state index contributed by atoms with van der Waals surface area (Å²) in [6.45, 7) is 6.56. The molecule has 7 nitrogen and oxygen atoms in total. The molecule has 0 spiro atoms. The van der Waals surface area contributed by atoms with Crippen molar-refractivity contribution < 1.29 is 4.92 Å². The second kappa shape index (κ2) is 4.99. The fourth-order valence-electron chi connectivity index (χ4n) is 2.57. The second-order valence-corrected chi connectivity index (χ2v) is 5.28. The Labute approximate surface area is 112 Å². The Kier molecular flexibility index (Phi) is 3.55. The second-order valence-electron chi connectivity index (χ2n) is 5.28. The van der Waals surface area contributed by atoms with Gasteiger partial charge in [0.2, 0.25) is 11.8 Å². The summed E-state index contributed by atoms with van der Waals surface area (Å²) in [6, 6.07) is 0.226. The van der Waals surface area contributed by atoms with Crippen LogP contribution < -0.4 is 10.6 Å². The van der Waals surface area contributed by atoms with Gasteiger partial charge in [-0.2, -0.15) is 4.98 Å². The van der Waals surface area contributed by atoms with Crippen molar-refractivity contribution in [2.45, 2.75) is 39.7 Å². The zero-order valence-electron chi connectivity index (χ0n) is 11.5. The first-order valence-corrected chi connectivity index (χ1v) is 6.45. The summed E-state index contributed by atoms with van der Waals surface area (Å²) >= 11 is 0. The Morgan fingerprint density at radius 3 is 2.68 bits per heavy atom. The molecular formula is C12H19N5O2. The monoisotopic (exact) mass is 265 g/mol. The molecule has 1 saturated heterocycles. The van der Waals surface area contributed by atoms with Crippen molar-refractivity contribution in [2.75, 3.05) is 17.2 Å². The molecular weight excluding hydrogens is 246 g/mol. The lowest BCUT2D eigenvalue weighted by Gasteiger charge is -2.37. The predicted molar refractivity (Wildman–Crippen MR) is 73.0 cm³/mol. The van der Waals surface area contributed by atoms with E-state index in [2.05, 4.69) is 23.8 Å². The first-order valence-electron chi connectivity index (χ1n) is 6.45. The van der Waals surface area contributed by atoms with Crippen LogP contribution in [0.1, 0.15) is 32.4 Å². The van der Waals surface area contributed by atoms with Crippen LogP contribution in [0.3, 0.4) is 0 Å². The van der Waals surface area contributed by atoms with E-state index in [1.807, 2.05) is 4.90 Å². The molecule has 2 N–H and O–H groups in total. The fourth-order valence-corrected chi connectivity index (χ4v) is 2.57. The van der Waals surface area contributed by atoms with Crippen LogP contribution in [-0.2, 0) is 0 Å². The molecule has 0 saturated carbocycles. The van der Waals surface area contributed by atoms with Crippen molar-refractivity contribution >= 4 is 17.5 Å². The Morgan fingerprint density at radius 2 is 2.05 bits per heavy atom. The van der Waals surface area contributed by atoms with Gasteiger partial charge in [0, 0.05) is 12.6 Å². The van der Waals surface area contributed by atoms with Crippen molar-refractivity contribution in [1.29, 1.82) is 0 Å². The number of hydrogen-bond acceptors (Lipinski definition) is 6. The highest BCUT2D eigenvalue weighted by atomic mass is 16.6. The Hall–Kier alpha value is -1.92. The van der Waals surface area contributed by atoms with Crippen LogP contribution in [0.15, 0.2) is 0 Å². The number of nitro groups is 1. The van der Waals surface area contributed by atoms with E-state index in [9.17, 15) is 10.1 Å². The highest BCUT2D eigenvalue weighted by Gasteiger charge is 2.31. The molecule has 2 unspecified atom stereocenters. The molecule has 0 aliphatic carbocycles. The normalized spacial score (nSPS) is 23.4. The minimum atomic E-state index is -0.421. The van der Waals surface area contributed by atoms with Gasteiger partial charge in [0.15, 0.2) is 0 Å². The third-order valence-electron chi connectivity index (χ3n) is 3.63. The third kappa shape index (κ3) is 2.59. The summed E-state index contributed by atoms with van der Waals surface area (Å²) in [5.74, 6) is 0.935. The first kappa shape index (κ1) is 13.5. The van der Waals surface area contributed by atoms with E-state index < -0.39 is 4.92 Å². The summed E-state index contributed by atoms with van der Waals surface area (Å²) < 4.78 is 0. The van der Waals surface area contributed by atoms with Crippen LogP contribution in [0.2, 0.25) is 0 Å². The maximum Gasteiger partial charge on any atom is 0.332 e. The average Bonchev–Trinajstić information content (AvgIpc) is 2.30. The van der Waals surface area contributed by atoms with Gasteiger partial charge in [-0.1, -0.05) is 6.92 Å². The minimum absolute atomic E-state index is 0.0323. The fraction of sp³-hybridized carbons (Fsp3) is 0.667. The van der Waals surface area contributed by atoms with Gasteiger partial charge in [-0.05, 0) is 32.6 Å². The van der Waals surface area contributed by atoms with Crippen LogP contribution in [0.5, 0.6) is 0 Å². The van der Waals surface area contributed by atoms with Crippen LogP contribution in [0, 0.1) is 23.0 Å². The summed E-state index contributed by atoms with van der Waals surface area (Å²) in [4.78, 5) is 20.8. The van der Waals surface area contributed by atoms with Crippen molar-refractivity contribution in [3.05, 3.63) is 15.8 Å². The van der Waals surface area contributed by atoms with E-state index in [0.717, 1.165) is 19.4 Å². The molecule has 7 heteroatoms. The molecule has 2 rings (SSSR count). The van der Waals surface area contributed by atoms with E-state index in [4.69, 9.17) is 5.73 Å². The van der Waals surface area contributed by atoms with Gasteiger partial charge in [-0.3, -0.25) is 10.1 Å². The highest BCUT2D eigenvalue weighted by Crippen LogP contribution is 2.34. The van der Waals surface area contributed by atoms with E-state index in [0.29, 0.717) is 17.4 Å². The van der Waals surface area contributed by atoms with E-state index in [1.54, 1.807) is 6.92 Å². The zero-order chi connectivity index (χ0) is 14.2. The first-order chi connectivity index (χ1) is 8.90. The molecule has 1 fully saturated rings. The number of nitrogens with two attached hydrogens (primary N) is 1. The van der Waals surface area contributed by atoms with Gasteiger partial charge in [0.1, 0.15) is 5.69 Å². The number of piperidine rings is 1. The molecule has 1 aromatic rings. The molecule has 2 atom stereocenters. The predicted octanol–water partition coefficient (Wildman–Crippen LogP) is 1.90. The summed E-state index contributed by atoms with van der Waals surface area (Å²) in [6.07, 6.45) is 2.13. The van der Waals surface area contributed by atoms with Gasteiger partial charge in [0.25, 0.3) is 0 Å². The largest absolute Gasteiger partial charge is 0.368 e. The number of aromatic nitrogens is 2. The molecule has 1 aliphatic rings. The van der Waals surface area contributed by atoms with Crippen molar-refractivity contribution in [2.24, 2.45) is 5.92 Å². The number of aryl methyl sites for hydroxylation is 1. The molecule has 0 aromatic carbocycles. The third-order valence-corrected chi connectivity index (χ3v) is 3.63.